The van der Waals surface area contributed by atoms with E-state index in [4.69, 9.17) is 18.9 Å². The maximum Gasteiger partial charge on any atom is 0.411 e. The lowest BCUT2D eigenvalue weighted by Crippen LogP contribution is -2.53. The van der Waals surface area contributed by atoms with Crippen molar-refractivity contribution in [3.63, 3.8) is 0 Å². The number of hydrogen-bond acceptors (Lipinski definition) is 8. The van der Waals surface area contributed by atoms with Crippen molar-refractivity contribution in [2.45, 2.75) is 65.3 Å². The molecule has 1 aromatic carbocycles. The van der Waals surface area contributed by atoms with Crippen molar-refractivity contribution in [1.29, 1.82) is 0 Å². The van der Waals surface area contributed by atoms with Gasteiger partial charge in [0.05, 0.1) is 20.0 Å². The Morgan fingerprint density at radius 1 is 1.16 bits per heavy atom. The summed E-state index contributed by atoms with van der Waals surface area (Å²) in [5, 5.41) is 0. The van der Waals surface area contributed by atoms with Gasteiger partial charge in [-0.2, -0.15) is 4.72 Å². The molecule has 0 aliphatic carbocycles. The van der Waals surface area contributed by atoms with E-state index in [9.17, 15) is 18.0 Å². The molecule has 1 heterocycles. The summed E-state index contributed by atoms with van der Waals surface area (Å²) in [5.41, 5.74) is -0.321. The SMILES string of the molecule is COCCCOc1cc(C(=O)N(C[C@H]2CCN(C(=O)OC(C)(C)C)C2NS(C)(=O)=O)C(C)C)ccc1OC. The summed E-state index contributed by atoms with van der Waals surface area (Å²) < 4.78 is 48.7. The van der Waals surface area contributed by atoms with Gasteiger partial charge in [-0.05, 0) is 59.2 Å². The van der Waals surface area contributed by atoms with Crippen molar-refractivity contribution >= 4 is 22.0 Å². The summed E-state index contributed by atoms with van der Waals surface area (Å²) in [6.07, 6.45) is 0.783. The summed E-state index contributed by atoms with van der Waals surface area (Å²) in [6, 6.07) is 4.82. The van der Waals surface area contributed by atoms with Gasteiger partial charge in [-0.15, -0.1) is 0 Å². The molecular weight excluding hydrogens is 514 g/mol. The standard InChI is InChI=1S/C26H43N3O8S/c1-18(2)29(24(30)19-10-11-21(35-7)22(16-19)36-15-9-14-34-6)17-20-12-13-28(23(20)27-38(8,32)33)25(31)37-26(3,4)5/h10-11,16,18,20,23,27H,9,12-15,17H2,1-8H3/t20-,23?/m1/s1. The molecule has 1 aliphatic rings. The van der Waals surface area contributed by atoms with Crippen molar-refractivity contribution in [3.8, 4) is 11.5 Å². The second-order valence-electron chi connectivity index (χ2n) is 10.7. The number of nitrogens with one attached hydrogen (secondary N) is 1. The Balaban J connectivity index is 2.29. The summed E-state index contributed by atoms with van der Waals surface area (Å²) in [6.45, 7) is 10.5. The molecule has 11 nitrogen and oxygen atoms in total. The highest BCUT2D eigenvalue weighted by Crippen LogP contribution is 2.31. The first-order valence-electron chi connectivity index (χ1n) is 12.7. The Labute approximate surface area is 226 Å². The highest BCUT2D eigenvalue weighted by molar-refractivity contribution is 7.88. The number of carbonyl (C=O) groups excluding carboxylic acids is 2. The first-order valence-corrected chi connectivity index (χ1v) is 14.6. The molecule has 0 aromatic heterocycles. The van der Waals surface area contributed by atoms with Crippen LogP contribution < -0.4 is 14.2 Å². The summed E-state index contributed by atoms with van der Waals surface area (Å²) in [4.78, 5) is 29.6. The van der Waals surface area contributed by atoms with Crippen LogP contribution in [0.15, 0.2) is 18.2 Å². The van der Waals surface area contributed by atoms with E-state index in [2.05, 4.69) is 4.72 Å². The molecule has 1 fully saturated rings. The normalized spacial score (nSPS) is 18.0. The van der Waals surface area contributed by atoms with Gasteiger partial charge in [-0.25, -0.2) is 13.2 Å². The van der Waals surface area contributed by atoms with Crippen LogP contribution in [0.25, 0.3) is 0 Å². The van der Waals surface area contributed by atoms with Crippen molar-refractivity contribution in [2.24, 2.45) is 5.92 Å². The van der Waals surface area contributed by atoms with E-state index in [-0.39, 0.29) is 24.4 Å². The third-order valence-corrected chi connectivity index (χ3v) is 6.63. The zero-order valence-corrected chi connectivity index (χ0v) is 24.6. The molecule has 216 valence electrons. The van der Waals surface area contributed by atoms with Gasteiger partial charge in [0.15, 0.2) is 11.5 Å². The van der Waals surface area contributed by atoms with Crippen molar-refractivity contribution < 1.29 is 37.0 Å². The van der Waals surface area contributed by atoms with Gasteiger partial charge in [-0.3, -0.25) is 9.69 Å². The number of sulfonamides is 1. The number of methoxy groups -OCH3 is 2. The Morgan fingerprint density at radius 2 is 1.84 bits per heavy atom. The monoisotopic (exact) mass is 557 g/mol. The molecule has 12 heteroatoms. The van der Waals surface area contributed by atoms with Crippen LogP contribution in [0.3, 0.4) is 0 Å². The molecule has 1 aromatic rings. The molecule has 1 saturated heterocycles. The molecule has 1 unspecified atom stereocenters. The van der Waals surface area contributed by atoms with Gasteiger partial charge in [0.2, 0.25) is 10.0 Å². The molecule has 0 radical (unpaired) electrons. The minimum Gasteiger partial charge on any atom is -0.493 e. The largest absolute Gasteiger partial charge is 0.493 e. The summed E-state index contributed by atoms with van der Waals surface area (Å²) in [7, 11) is -0.497. The number of ether oxygens (including phenoxy) is 4. The van der Waals surface area contributed by atoms with Crippen LogP contribution >= 0.6 is 0 Å². The molecule has 38 heavy (non-hydrogen) atoms. The number of benzene rings is 1. The first-order chi connectivity index (χ1) is 17.7. The van der Waals surface area contributed by atoms with Crippen LogP contribution in [0, 0.1) is 5.92 Å². The fourth-order valence-corrected chi connectivity index (χ4v) is 4.97. The quantitative estimate of drug-likeness (QED) is 0.389. The van der Waals surface area contributed by atoms with Crippen molar-refractivity contribution in [2.75, 3.05) is 46.8 Å². The number of rotatable bonds is 12. The van der Waals surface area contributed by atoms with Crippen LogP contribution in [0.5, 0.6) is 11.5 Å². The molecule has 1 aliphatic heterocycles. The Hall–Kier alpha value is -2.57. The van der Waals surface area contributed by atoms with Crippen molar-refractivity contribution in [1.82, 2.24) is 14.5 Å². The van der Waals surface area contributed by atoms with Gasteiger partial charge in [0, 0.05) is 50.8 Å². The lowest BCUT2D eigenvalue weighted by atomic mass is 10.0. The van der Waals surface area contributed by atoms with Crippen molar-refractivity contribution in [3.05, 3.63) is 23.8 Å². The van der Waals surface area contributed by atoms with Crippen LogP contribution in [0.4, 0.5) is 4.79 Å². The van der Waals surface area contributed by atoms with E-state index >= 15 is 0 Å². The second-order valence-corrected chi connectivity index (χ2v) is 12.4. The van der Waals surface area contributed by atoms with E-state index in [1.807, 2.05) is 13.8 Å². The minimum atomic E-state index is -3.65. The zero-order chi connectivity index (χ0) is 28.7. The van der Waals surface area contributed by atoms with Gasteiger partial charge in [-0.1, -0.05) is 0 Å². The first kappa shape index (κ1) is 31.6. The highest BCUT2D eigenvalue weighted by Gasteiger charge is 2.42. The molecule has 0 bridgehead atoms. The van der Waals surface area contributed by atoms with E-state index < -0.39 is 27.9 Å². The molecule has 0 spiro atoms. The third kappa shape index (κ3) is 9.32. The van der Waals surface area contributed by atoms with Crippen LogP contribution in [0.2, 0.25) is 0 Å². The predicted octanol–water partition coefficient (Wildman–Crippen LogP) is 3.09. The van der Waals surface area contributed by atoms with Gasteiger partial charge in [0.1, 0.15) is 11.8 Å². The summed E-state index contributed by atoms with van der Waals surface area (Å²) in [5.74, 6) is 0.382. The van der Waals surface area contributed by atoms with Crippen LogP contribution in [-0.2, 0) is 19.5 Å². The predicted molar refractivity (Wildman–Crippen MR) is 144 cm³/mol. The number of hydrogen-bond donors (Lipinski definition) is 1. The average molecular weight is 558 g/mol. The average Bonchev–Trinajstić information content (AvgIpc) is 3.19. The molecule has 0 saturated carbocycles. The van der Waals surface area contributed by atoms with E-state index in [0.29, 0.717) is 49.7 Å². The number of likely N-dealkylation sites (tertiary alicyclic amines) is 1. The Kier molecular flexibility index (Phi) is 11.2. The Morgan fingerprint density at radius 3 is 2.39 bits per heavy atom. The molecule has 1 N–H and O–H groups in total. The smallest absolute Gasteiger partial charge is 0.411 e. The fraction of sp³-hybridized carbons (Fsp3) is 0.692. The third-order valence-electron chi connectivity index (χ3n) is 5.96. The molecule has 2 amide bonds. The number of amides is 2. The second kappa shape index (κ2) is 13.5. The Bertz CT molecular complexity index is 1060. The van der Waals surface area contributed by atoms with Gasteiger partial charge >= 0.3 is 6.09 Å². The maximum absolute atomic E-state index is 13.7. The van der Waals surface area contributed by atoms with Gasteiger partial charge < -0.3 is 23.8 Å². The fourth-order valence-electron chi connectivity index (χ4n) is 4.21. The topological polar surface area (TPSA) is 124 Å². The zero-order valence-electron chi connectivity index (χ0n) is 23.8. The summed E-state index contributed by atoms with van der Waals surface area (Å²) >= 11 is 0. The minimum absolute atomic E-state index is 0.190. The lowest BCUT2D eigenvalue weighted by molar-refractivity contribution is 0.0188. The van der Waals surface area contributed by atoms with E-state index in [0.717, 1.165) is 6.26 Å². The molecule has 2 rings (SSSR count). The lowest BCUT2D eigenvalue weighted by Gasteiger charge is -2.34. The van der Waals surface area contributed by atoms with E-state index in [1.165, 1.54) is 12.0 Å². The van der Waals surface area contributed by atoms with Gasteiger partial charge in [0.25, 0.3) is 5.91 Å². The number of carbonyl (C=O) groups is 2. The van der Waals surface area contributed by atoms with E-state index in [1.54, 1.807) is 51.0 Å². The van der Waals surface area contributed by atoms with Crippen LogP contribution in [0.1, 0.15) is 57.8 Å². The molecular formula is C26H43N3O8S. The van der Waals surface area contributed by atoms with Crippen LogP contribution in [-0.4, -0.2) is 94.8 Å². The number of nitrogens with zero attached hydrogens (tertiary/aromatic N) is 2. The highest BCUT2D eigenvalue weighted by atomic mass is 32.2. The maximum atomic E-state index is 13.7. The molecule has 2 atom stereocenters.